The topological polar surface area (TPSA) is 12.0 Å². The van der Waals surface area contributed by atoms with Crippen molar-refractivity contribution < 1.29 is 8.78 Å². The molecule has 0 fully saturated rings. The second kappa shape index (κ2) is 5.67. The highest BCUT2D eigenvalue weighted by Crippen LogP contribution is 2.22. The molecule has 0 saturated heterocycles. The van der Waals surface area contributed by atoms with Gasteiger partial charge < -0.3 is 5.32 Å². The average molecular weight is 333 g/mol. The van der Waals surface area contributed by atoms with E-state index in [0.29, 0.717) is 12.2 Å². The van der Waals surface area contributed by atoms with Gasteiger partial charge in [0.15, 0.2) is 0 Å². The molecule has 0 saturated carbocycles. The number of hydrogen-bond donors (Lipinski definition) is 1. The van der Waals surface area contributed by atoms with E-state index < -0.39 is 5.82 Å². The quantitative estimate of drug-likeness (QED) is 0.834. The van der Waals surface area contributed by atoms with E-state index >= 15 is 0 Å². The lowest BCUT2D eigenvalue weighted by atomic mass is 10.2. The Morgan fingerprint density at radius 1 is 1.11 bits per heavy atom. The third-order valence-electron chi connectivity index (χ3n) is 2.41. The molecule has 1 N–H and O–H groups in total. The van der Waals surface area contributed by atoms with Crippen LogP contribution in [0.25, 0.3) is 0 Å². The summed E-state index contributed by atoms with van der Waals surface area (Å²) >= 11 is 9.01. The first-order chi connectivity index (χ1) is 8.56. The Hall–Kier alpha value is -1.13. The van der Waals surface area contributed by atoms with Gasteiger partial charge in [-0.25, -0.2) is 8.78 Å². The molecule has 0 unspecified atom stereocenters. The van der Waals surface area contributed by atoms with Crippen LogP contribution in [0.15, 0.2) is 40.9 Å². The van der Waals surface area contributed by atoms with Crippen LogP contribution in [0.5, 0.6) is 0 Å². The average Bonchev–Trinajstić information content (AvgIpc) is 2.34. The van der Waals surface area contributed by atoms with Crippen LogP contribution in [0, 0.1) is 11.6 Å². The summed E-state index contributed by atoms with van der Waals surface area (Å²) in [4.78, 5) is 0. The third kappa shape index (κ3) is 3.21. The zero-order chi connectivity index (χ0) is 13.1. The highest BCUT2D eigenvalue weighted by Gasteiger charge is 2.04. The Morgan fingerprint density at radius 3 is 2.61 bits per heavy atom. The SMILES string of the molecule is Fc1ccc(Br)c(CNc2ccc(F)c(Cl)c2)c1. The number of benzene rings is 2. The molecule has 0 amide bonds. The van der Waals surface area contributed by atoms with Crippen LogP contribution in [0.2, 0.25) is 5.02 Å². The molecule has 0 aliphatic rings. The van der Waals surface area contributed by atoms with Gasteiger partial charge in [0.1, 0.15) is 11.6 Å². The summed E-state index contributed by atoms with van der Waals surface area (Å²) in [5, 5.41) is 3.10. The van der Waals surface area contributed by atoms with Gasteiger partial charge in [0, 0.05) is 16.7 Å². The second-order valence-electron chi connectivity index (χ2n) is 3.72. The molecule has 1 nitrogen and oxygen atoms in total. The summed E-state index contributed by atoms with van der Waals surface area (Å²) in [5.74, 6) is -0.763. The van der Waals surface area contributed by atoms with Crippen LogP contribution in [0.1, 0.15) is 5.56 Å². The molecule has 0 aliphatic carbocycles. The van der Waals surface area contributed by atoms with E-state index in [0.717, 1.165) is 10.0 Å². The van der Waals surface area contributed by atoms with Crippen LogP contribution in [0.3, 0.4) is 0 Å². The van der Waals surface area contributed by atoms with Gasteiger partial charge in [0.2, 0.25) is 0 Å². The number of hydrogen-bond acceptors (Lipinski definition) is 1. The first-order valence-electron chi connectivity index (χ1n) is 5.19. The molecular weight excluding hydrogens is 324 g/mol. The van der Waals surface area contributed by atoms with Crippen molar-refractivity contribution in [3.63, 3.8) is 0 Å². The van der Waals surface area contributed by atoms with Gasteiger partial charge in [0.05, 0.1) is 5.02 Å². The van der Waals surface area contributed by atoms with E-state index in [-0.39, 0.29) is 10.8 Å². The highest BCUT2D eigenvalue weighted by molar-refractivity contribution is 9.10. The standard InChI is InChI=1S/C13H9BrClF2N/c14-11-3-1-9(16)5-8(11)7-18-10-2-4-13(17)12(15)6-10/h1-6,18H,7H2. The molecule has 0 radical (unpaired) electrons. The van der Waals surface area contributed by atoms with Crippen LogP contribution in [0.4, 0.5) is 14.5 Å². The van der Waals surface area contributed by atoms with Gasteiger partial charge in [-0.15, -0.1) is 0 Å². The maximum Gasteiger partial charge on any atom is 0.141 e. The van der Waals surface area contributed by atoms with Crippen molar-refractivity contribution in [3.8, 4) is 0 Å². The van der Waals surface area contributed by atoms with Crippen molar-refractivity contribution in [1.29, 1.82) is 0 Å². The first kappa shape index (κ1) is 13.3. The van der Waals surface area contributed by atoms with Crippen molar-refractivity contribution in [1.82, 2.24) is 0 Å². The fraction of sp³-hybridized carbons (Fsp3) is 0.0769. The lowest BCUT2D eigenvalue weighted by Gasteiger charge is -2.09. The molecule has 2 rings (SSSR count). The van der Waals surface area contributed by atoms with E-state index in [2.05, 4.69) is 21.2 Å². The van der Waals surface area contributed by atoms with Crippen molar-refractivity contribution >= 4 is 33.2 Å². The van der Waals surface area contributed by atoms with Crippen molar-refractivity contribution in [2.45, 2.75) is 6.54 Å². The molecule has 5 heteroatoms. The maximum atomic E-state index is 13.1. The molecule has 18 heavy (non-hydrogen) atoms. The number of rotatable bonds is 3. The fourth-order valence-electron chi connectivity index (χ4n) is 1.48. The van der Waals surface area contributed by atoms with Crippen molar-refractivity contribution in [3.05, 3.63) is 63.1 Å². The van der Waals surface area contributed by atoms with Crippen LogP contribution in [-0.4, -0.2) is 0 Å². The molecule has 0 spiro atoms. The smallest absolute Gasteiger partial charge is 0.141 e. The van der Waals surface area contributed by atoms with Gasteiger partial charge in [-0.1, -0.05) is 27.5 Å². The van der Waals surface area contributed by atoms with E-state index in [4.69, 9.17) is 11.6 Å². The van der Waals surface area contributed by atoms with Gasteiger partial charge >= 0.3 is 0 Å². The molecule has 94 valence electrons. The van der Waals surface area contributed by atoms with Crippen LogP contribution >= 0.6 is 27.5 Å². The zero-order valence-electron chi connectivity index (χ0n) is 9.18. The highest BCUT2D eigenvalue weighted by atomic mass is 79.9. The number of nitrogens with one attached hydrogen (secondary N) is 1. The van der Waals surface area contributed by atoms with Gasteiger partial charge in [-0.3, -0.25) is 0 Å². The third-order valence-corrected chi connectivity index (χ3v) is 3.47. The van der Waals surface area contributed by atoms with E-state index in [9.17, 15) is 8.78 Å². The Morgan fingerprint density at radius 2 is 1.89 bits per heavy atom. The van der Waals surface area contributed by atoms with Crippen LogP contribution in [-0.2, 0) is 6.54 Å². The van der Waals surface area contributed by atoms with E-state index in [1.807, 2.05) is 0 Å². The minimum atomic E-state index is -0.464. The largest absolute Gasteiger partial charge is 0.381 e. The van der Waals surface area contributed by atoms with E-state index in [1.165, 1.54) is 24.3 Å². The Kier molecular flexibility index (Phi) is 4.19. The van der Waals surface area contributed by atoms with E-state index in [1.54, 1.807) is 12.1 Å². The maximum absolute atomic E-state index is 13.1. The Labute approximate surface area is 117 Å². The molecule has 0 heterocycles. The molecule has 0 atom stereocenters. The molecule has 2 aromatic carbocycles. The lowest BCUT2D eigenvalue weighted by molar-refractivity contribution is 0.625. The minimum Gasteiger partial charge on any atom is -0.381 e. The number of halogens is 4. The van der Waals surface area contributed by atoms with Gasteiger partial charge in [-0.2, -0.15) is 0 Å². The normalized spacial score (nSPS) is 10.4. The van der Waals surface area contributed by atoms with Crippen molar-refractivity contribution in [2.24, 2.45) is 0 Å². The molecule has 0 aromatic heterocycles. The van der Waals surface area contributed by atoms with Crippen LogP contribution < -0.4 is 5.32 Å². The Balaban J connectivity index is 2.11. The summed E-state index contributed by atoms with van der Waals surface area (Å²) in [7, 11) is 0. The minimum absolute atomic E-state index is 0.0540. The predicted molar refractivity (Wildman–Crippen MR) is 72.8 cm³/mol. The lowest BCUT2D eigenvalue weighted by Crippen LogP contribution is -2.01. The van der Waals surface area contributed by atoms with Crippen molar-refractivity contribution in [2.75, 3.05) is 5.32 Å². The zero-order valence-corrected chi connectivity index (χ0v) is 11.5. The molecule has 2 aromatic rings. The second-order valence-corrected chi connectivity index (χ2v) is 4.98. The summed E-state index contributed by atoms with van der Waals surface area (Å²) in [6.45, 7) is 0.417. The summed E-state index contributed by atoms with van der Waals surface area (Å²) in [6, 6.07) is 8.80. The number of anilines is 1. The van der Waals surface area contributed by atoms with Gasteiger partial charge in [0.25, 0.3) is 0 Å². The Bertz CT molecular complexity index is 575. The molecular formula is C13H9BrClF2N. The molecule has 0 aliphatic heterocycles. The first-order valence-corrected chi connectivity index (χ1v) is 6.36. The summed E-state index contributed by atoms with van der Waals surface area (Å²) in [6.07, 6.45) is 0. The monoisotopic (exact) mass is 331 g/mol. The summed E-state index contributed by atoms with van der Waals surface area (Å²) in [5.41, 5.74) is 1.45. The summed E-state index contributed by atoms with van der Waals surface area (Å²) < 4.78 is 26.8. The fourth-order valence-corrected chi connectivity index (χ4v) is 2.05. The predicted octanol–water partition coefficient (Wildman–Crippen LogP) is 4.99. The molecule has 0 bridgehead atoms. The van der Waals surface area contributed by atoms with Gasteiger partial charge in [-0.05, 0) is 42.0 Å².